The van der Waals surface area contributed by atoms with Crippen LogP contribution >= 0.6 is 0 Å². The van der Waals surface area contributed by atoms with Crippen LogP contribution in [0.2, 0.25) is 0 Å². The second-order valence-electron chi connectivity index (χ2n) is 10.8. The summed E-state index contributed by atoms with van der Waals surface area (Å²) in [6.45, 7) is 4.05. The molecule has 0 unspecified atom stereocenters. The Labute approximate surface area is 260 Å². The number of oxazole rings is 1. The van der Waals surface area contributed by atoms with E-state index in [1.54, 1.807) is 48.5 Å². The van der Waals surface area contributed by atoms with E-state index in [1.807, 2.05) is 50.2 Å². The Balaban J connectivity index is 1.30. The van der Waals surface area contributed by atoms with Gasteiger partial charge in [-0.1, -0.05) is 50.2 Å². The summed E-state index contributed by atoms with van der Waals surface area (Å²) >= 11 is 0. The normalized spacial score (nSPS) is 11.6. The van der Waals surface area contributed by atoms with Gasteiger partial charge in [-0.15, -0.1) is 0 Å². The lowest BCUT2D eigenvalue weighted by Gasteiger charge is -2.17. The van der Waals surface area contributed by atoms with Crippen molar-refractivity contribution in [2.75, 3.05) is 14.2 Å². The molecule has 5 aromatic rings. The Bertz CT molecular complexity index is 1920. The first-order chi connectivity index (χ1) is 21.7. The van der Waals surface area contributed by atoms with Crippen LogP contribution in [0.3, 0.4) is 0 Å². The summed E-state index contributed by atoms with van der Waals surface area (Å²) in [5, 5.41) is 12.2. The van der Waals surface area contributed by atoms with Gasteiger partial charge in [-0.25, -0.2) is 14.6 Å². The Morgan fingerprint density at radius 2 is 1.58 bits per heavy atom. The third-order valence-corrected chi connectivity index (χ3v) is 7.47. The fourth-order valence-electron chi connectivity index (χ4n) is 5.03. The quantitative estimate of drug-likeness (QED) is 0.191. The summed E-state index contributed by atoms with van der Waals surface area (Å²) in [6.07, 6.45) is 0.213. The standard InChI is InChI=1S/C36H31N3O6/c1-21(2)29-16-23(20-37)18-30-32(29)45-34(39-30)26-14-12-25(13-15-26)33(40)38-31(36(42)44-4)17-22-8-10-24(11-9-22)27-6-5-7-28(19-27)35(41)43-3/h5-16,18-19,21,31H,17H2,1-4H3,(H,38,40)/t31-/m0/s1. The molecular formula is C36H31N3O6. The van der Waals surface area contributed by atoms with E-state index in [2.05, 4.69) is 16.4 Å². The second-order valence-corrected chi connectivity index (χ2v) is 10.8. The molecule has 0 aliphatic carbocycles. The molecular weight excluding hydrogens is 570 g/mol. The molecule has 0 aliphatic rings. The van der Waals surface area contributed by atoms with E-state index < -0.39 is 23.9 Å². The van der Waals surface area contributed by atoms with E-state index in [0.29, 0.717) is 39.2 Å². The zero-order valence-electron chi connectivity index (χ0n) is 25.3. The van der Waals surface area contributed by atoms with Crippen molar-refractivity contribution in [1.29, 1.82) is 5.26 Å². The van der Waals surface area contributed by atoms with Crippen molar-refractivity contribution in [2.45, 2.75) is 32.2 Å². The van der Waals surface area contributed by atoms with E-state index in [1.165, 1.54) is 14.2 Å². The maximum absolute atomic E-state index is 13.2. The molecule has 1 aromatic heterocycles. The number of hydrogen-bond acceptors (Lipinski definition) is 8. The molecule has 1 amide bonds. The Morgan fingerprint density at radius 3 is 2.22 bits per heavy atom. The van der Waals surface area contributed by atoms with E-state index in [9.17, 15) is 19.6 Å². The van der Waals surface area contributed by atoms with Crippen LogP contribution in [-0.4, -0.2) is 43.1 Å². The maximum Gasteiger partial charge on any atom is 0.337 e. The second kappa shape index (κ2) is 13.3. The van der Waals surface area contributed by atoms with Crippen LogP contribution in [0.4, 0.5) is 0 Å². The van der Waals surface area contributed by atoms with Crippen molar-refractivity contribution >= 4 is 28.9 Å². The third kappa shape index (κ3) is 6.76. The molecule has 0 spiro atoms. The predicted molar refractivity (Wildman–Crippen MR) is 168 cm³/mol. The SMILES string of the molecule is COC(=O)c1cccc(-c2ccc(C[C@H](NC(=O)c3ccc(-c4nc5cc(C#N)cc(C(C)C)c5o4)cc3)C(=O)OC)cc2)c1. The number of methoxy groups -OCH3 is 2. The van der Waals surface area contributed by atoms with Crippen LogP contribution in [0.5, 0.6) is 0 Å². The van der Waals surface area contributed by atoms with Gasteiger partial charge in [0.15, 0.2) is 5.58 Å². The van der Waals surface area contributed by atoms with Crippen molar-refractivity contribution < 1.29 is 28.3 Å². The van der Waals surface area contributed by atoms with Gasteiger partial charge in [0.05, 0.1) is 31.4 Å². The number of fused-ring (bicyclic) bond motifs is 1. The van der Waals surface area contributed by atoms with Crippen LogP contribution in [0.15, 0.2) is 89.3 Å². The number of nitrogens with one attached hydrogen (secondary N) is 1. The Hall–Kier alpha value is -5.75. The minimum absolute atomic E-state index is 0.137. The van der Waals surface area contributed by atoms with Crippen LogP contribution in [-0.2, 0) is 20.7 Å². The minimum atomic E-state index is -0.920. The highest BCUT2D eigenvalue weighted by molar-refractivity contribution is 5.97. The summed E-state index contributed by atoms with van der Waals surface area (Å²) < 4.78 is 15.9. The summed E-state index contributed by atoms with van der Waals surface area (Å²) in [4.78, 5) is 42.3. The average Bonchev–Trinajstić information content (AvgIpc) is 3.51. The molecule has 0 saturated carbocycles. The number of amides is 1. The van der Waals surface area contributed by atoms with Crippen LogP contribution in [0.25, 0.3) is 33.7 Å². The monoisotopic (exact) mass is 601 g/mol. The molecule has 1 heterocycles. The zero-order chi connectivity index (χ0) is 32.1. The predicted octanol–water partition coefficient (Wildman–Crippen LogP) is 6.46. The van der Waals surface area contributed by atoms with Gasteiger partial charge in [-0.3, -0.25) is 4.79 Å². The first kappa shape index (κ1) is 30.7. The van der Waals surface area contributed by atoms with Gasteiger partial charge >= 0.3 is 11.9 Å². The number of aromatic nitrogens is 1. The number of nitrogens with zero attached hydrogens (tertiary/aromatic N) is 2. The highest BCUT2D eigenvalue weighted by Crippen LogP contribution is 2.31. The fraction of sp³-hybridized carbons (Fsp3) is 0.194. The highest BCUT2D eigenvalue weighted by atomic mass is 16.5. The molecule has 0 fully saturated rings. The summed E-state index contributed by atoms with van der Waals surface area (Å²) in [5.74, 6) is -0.910. The molecule has 0 aliphatic heterocycles. The van der Waals surface area contributed by atoms with Crippen LogP contribution in [0, 0.1) is 11.3 Å². The van der Waals surface area contributed by atoms with Crippen LogP contribution < -0.4 is 5.32 Å². The number of esters is 2. The molecule has 1 atom stereocenters. The number of carbonyl (C=O) groups is 3. The van der Waals surface area contributed by atoms with Gasteiger partial charge in [-0.2, -0.15) is 5.26 Å². The molecule has 226 valence electrons. The number of carbonyl (C=O) groups excluding carboxylic acids is 3. The van der Waals surface area contributed by atoms with Crippen LogP contribution in [0.1, 0.15) is 57.2 Å². The number of hydrogen-bond donors (Lipinski definition) is 1. The van der Waals surface area contributed by atoms with E-state index in [0.717, 1.165) is 22.3 Å². The van der Waals surface area contributed by atoms with Gasteiger partial charge in [0.25, 0.3) is 5.91 Å². The highest BCUT2D eigenvalue weighted by Gasteiger charge is 2.23. The molecule has 0 saturated heterocycles. The van der Waals surface area contributed by atoms with Crippen molar-refractivity contribution in [2.24, 2.45) is 0 Å². The average molecular weight is 602 g/mol. The zero-order valence-corrected chi connectivity index (χ0v) is 25.3. The minimum Gasteiger partial charge on any atom is -0.467 e. The molecule has 1 N–H and O–H groups in total. The fourth-order valence-corrected chi connectivity index (χ4v) is 5.03. The lowest BCUT2D eigenvalue weighted by molar-refractivity contribution is -0.142. The first-order valence-corrected chi connectivity index (χ1v) is 14.3. The number of ether oxygens (including phenoxy) is 2. The Kier molecular flexibility index (Phi) is 9.05. The van der Waals surface area contributed by atoms with Gasteiger partial charge in [0.2, 0.25) is 5.89 Å². The van der Waals surface area contributed by atoms with E-state index in [-0.39, 0.29) is 12.3 Å². The molecule has 9 heteroatoms. The molecule has 45 heavy (non-hydrogen) atoms. The van der Waals surface area contributed by atoms with Crippen molar-refractivity contribution in [3.63, 3.8) is 0 Å². The van der Waals surface area contributed by atoms with E-state index in [4.69, 9.17) is 13.9 Å². The number of rotatable bonds is 9. The smallest absolute Gasteiger partial charge is 0.337 e. The Morgan fingerprint density at radius 1 is 0.867 bits per heavy atom. The van der Waals surface area contributed by atoms with Gasteiger partial charge in [-0.05, 0) is 71.1 Å². The maximum atomic E-state index is 13.2. The van der Waals surface area contributed by atoms with Gasteiger partial charge in [0, 0.05) is 23.1 Å². The molecule has 0 bridgehead atoms. The van der Waals surface area contributed by atoms with Crippen molar-refractivity contribution in [3.05, 3.63) is 113 Å². The summed E-state index contributed by atoms with van der Waals surface area (Å²) in [5.41, 5.74) is 6.63. The lowest BCUT2D eigenvalue weighted by atomic mass is 9.99. The first-order valence-electron chi connectivity index (χ1n) is 14.3. The van der Waals surface area contributed by atoms with Gasteiger partial charge < -0.3 is 19.2 Å². The molecule has 0 radical (unpaired) electrons. The number of benzene rings is 4. The van der Waals surface area contributed by atoms with Crippen molar-refractivity contribution in [3.8, 4) is 28.7 Å². The lowest BCUT2D eigenvalue weighted by Crippen LogP contribution is -2.43. The molecule has 5 rings (SSSR count). The summed E-state index contributed by atoms with van der Waals surface area (Å²) in [6, 6.07) is 26.1. The van der Waals surface area contributed by atoms with Crippen molar-refractivity contribution in [1.82, 2.24) is 10.3 Å². The third-order valence-electron chi connectivity index (χ3n) is 7.47. The summed E-state index contributed by atoms with van der Waals surface area (Å²) in [7, 11) is 2.61. The topological polar surface area (TPSA) is 132 Å². The number of nitriles is 1. The molecule has 9 nitrogen and oxygen atoms in total. The van der Waals surface area contributed by atoms with E-state index >= 15 is 0 Å². The van der Waals surface area contributed by atoms with Gasteiger partial charge in [0.1, 0.15) is 11.6 Å². The largest absolute Gasteiger partial charge is 0.467 e. The molecule has 4 aromatic carbocycles.